The second kappa shape index (κ2) is 7.38. The summed E-state index contributed by atoms with van der Waals surface area (Å²) in [6, 6.07) is 9.24. The smallest absolute Gasteiger partial charge is 0.258 e. The van der Waals surface area contributed by atoms with Gasteiger partial charge in [0.05, 0.1) is 17.1 Å². The molecule has 3 rings (SSSR count). The number of para-hydroxylation sites is 2. The highest BCUT2D eigenvalue weighted by Gasteiger charge is 2.20. The Balaban J connectivity index is 1.68. The number of fused-ring (bicyclic) bond motifs is 1. The van der Waals surface area contributed by atoms with Crippen LogP contribution in [0, 0.1) is 12.8 Å². The molecule has 25 heavy (non-hydrogen) atoms. The molecule has 0 fully saturated rings. The number of aromatic nitrogens is 3. The van der Waals surface area contributed by atoms with E-state index in [0.29, 0.717) is 17.6 Å². The third-order valence-electron chi connectivity index (χ3n) is 3.74. The van der Waals surface area contributed by atoms with Crippen LogP contribution in [0.1, 0.15) is 37.9 Å². The maximum atomic E-state index is 12.3. The minimum absolute atomic E-state index is 0.124. The molecule has 0 spiro atoms. The molecule has 0 bridgehead atoms. The van der Waals surface area contributed by atoms with E-state index >= 15 is 0 Å². The van der Waals surface area contributed by atoms with Gasteiger partial charge in [0.1, 0.15) is 11.6 Å². The summed E-state index contributed by atoms with van der Waals surface area (Å²) >= 11 is 0. The highest BCUT2D eigenvalue weighted by molar-refractivity contribution is 5.78. The van der Waals surface area contributed by atoms with Gasteiger partial charge in [-0.1, -0.05) is 26.0 Å². The van der Waals surface area contributed by atoms with E-state index in [9.17, 15) is 4.79 Å². The number of aryl methyl sites for hydroxylation is 1. The average molecular weight is 342 g/mol. The van der Waals surface area contributed by atoms with Crippen molar-refractivity contribution in [1.29, 1.82) is 0 Å². The molecule has 2 heterocycles. The van der Waals surface area contributed by atoms with Crippen LogP contribution in [-0.4, -0.2) is 27.6 Å². The van der Waals surface area contributed by atoms with Crippen molar-refractivity contribution in [2.75, 3.05) is 6.61 Å². The number of nitrogens with one attached hydrogen (secondary N) is 2. The molecule has 132 valence electrons. The highest BCUT2D eigenvalue weighted by atomic mass is 16.5. The van der Waals surface area contributed by atoms with Crippen LogP contribution in [0.15, 0.2) is 34.9 Å². The van der Waals surface area contributed by atoms with Gasteiger partial charge in [0.15, 0.2) is 6.61 Å². The Bertz CT molecular complexity index is 820. The van der Waals surface area contributed by atoms with Crippen molar-refractivity contribution in [3.8, 4) is 5.88 Å². The topological polar surface area (TPSA) is 93.0 Å². The fourth-order valence-corrected chi connectivity index (χ4v) is 2.63. The van der Waals surface area contributed by atoms with Crippen LogP contribution in [0.2, 0.25) is 0 Å². The van der Waals surface area contributed by atoms with Crippen LogP contribution in [0.25, 0.3) is 11.0 Å². The zero-order chi connectivity index (χ0) is 17.8. The molecule has 7 heteroatoms. The van der Waals surface area contributed by atoms with E-state index in [1.54, 1.807) is 13.0 Å². The van der Waals surface area contributed by atoms with Crippen molar-refractivity contribution in [3.63, 3.8) is 0 Å². The number of carbonyl (C=O) groups is 1. The van der Waals surface area contributed by atoms with Crippen LogP contribution in [0.5, 0.6) is 5.88 Å². The number of hydrogen-bond acceptors (Lipinski definition) is 5. The van der Waals surface area contributed by atoms with E-state index in [2.05, 4.69) is 34.3 Å². The number of ether oxygens (including phenoxy) is 1. The number of rotatable bonds is 7. The molecule has 2 aromatic heterocycles. The van der Waals surface area contributed by atoms with Crippen molar-refractivity contribution in [3.05, 3.63) is 41.9 Å². The third-order valence-corrected chi connectivity index (χ3v) is 3.74. The normalized spacial score (nSPS) is 12.5. The van der Waals surface area contributed by atoms with Gasteiger partial charge in [0.2, 0.25) is 0 Å². The van der Waals surface area contributed by atoms with Gasteiger partial charge in [0.25, 0.3) is 11.8 Å². The molecule has 0 aliphatic rings. The molecule has 0 aliphatic heterocycles. The zero-order valence-electron chi connectivity index (χ0n) is 14.6. The predicted molar refractivity (Wildman–Crippen MR) is 93.2 cm³/mol. The van der Waals surface area contributed by atoms with E-state index in [4.69, 9.17) is 9.26 Å². The number of amides is 1. The van der Waals surface area contributed by atoms with Gasteiger partial charge in [-0.3, -0.25) is 4.79 Å². The summed E-state index contributed by atoms with van der Waals surface area (Å²) in [7, 11) is 0. The predicted octanol–water partition coefficient (Wildman–Crippen LogP) is 3.14. The van der Waals surface area contributed by atoms with Gasteiger partial charge in [-0.15, -0.1) is 0 Å². The van der Waals surface area contributed by atoms with Gasteiger partial charge in [-0.2, -0.15) is 0 Å². The number of hydrogen-bond donors (Lipinski definition) is 2. The van der Waals surface area contributed by atoms with Crippen molar-refractivity contribution in [2.24, 2.45) is 5.92 Å². The molecule has 1 amide bonds. The number of benzene rings is 1. The quantitative estimate of drug-likeness (QED) is 0.688. The molecule has 3 aromatic rings. The molecule has 0 saturated carbocycles. The minimum atomic E-state index is -0.230. The van der Waals surface area contributed by atoms with E-state index in [-0.39, 0.29) is 18.6 Å². The van der Waals surface area contributed by atoms with E-state index < -0.39 is 0 Å². The minimum Gasteiger partial charge on any atom is -0.465 e. The van der Waals surface area contributed by atoms with Gasteiger partial charge in [-0.05, 0) is 36.6 Å². The lowest BCUT2D eigenvalue weighted by Crippen LogP contribution is -2.34. The Labute approximate surface area is 145 Å². The fourth-order valence-electron chi connectivity index (χ4n) is 2.63. The van der Waals surface area contributed by atoms with Crippen molar-refractivity contribution in [1.82, 2.24) is 20.4 Å². The van der Waals surface area contributed by atoms with E-state index in [1.165, 1.54) is 0 Å². The van der Waals surface area contributed by atoms with Crippen LogP contribution in [-0.2, 0) is 4.79 Å². The van der Waals surface area contributed by atoms with Gasteiger partial charge >= 0.3 is 0 Å². The lowest BCUT2D eigenvalue weighted by molar-refractivity contribution is -0.124. The summed E-state index contributed by atoms with van der Waals surface area (Å²) < 4.78 is 10.3. The molecule has 0 saturated heterocycles. The summed E-state index contributed by atoms with van der Waals surface area (Å²) in [4.78, 5) is 20.2. The highest BCUT2D eigenvalue weighted by Crippen LogP contribution is 2.22. The lowest BCUT2D eigenvalue weighted by atomic mass is 10.0. The molecular formula is C18H22N4O3. The maximum Gasteiger partial charge on any atom is 0.258 e. The first-order valence-corrected chi connectivity index (χ1v) is 8.31. The van der Waals surface area contributed by atoms with Crippen molar-refractivity contribution >= 4 is 16.9 Å². The summed E-state index contributed by atoms with van der Waals surface area (Å²) in [5, 5.41) is 6.69. The number of imidazole rings is 1. The lowest BCUT2D eigenvalue weighted by Gasteiger charge is -2.18. The van der Waals surface area contributed by atoms with Crippen LogP contribution in [0.3, 0.4) is 0 Å². The van der Waals surface area contributed by atoms with Crippen LogP contribution >= 0.6 is 0 Å². The summed E-state index contributed by atoms with van der Waals surface area (Å²) in [6.07, 6.45) is 0.772. The molecule has 0 unspecified atom stereocenters. The molecule has 1 aromatic carbocycles. The Morgan fingerprint density at radius 1 is 1.36 bits per heavy atom. The zero-order valence-corrected chi connectivity index (χ0v) is 14.6. The largest absolute Gasteiger partial charge is 0.465 e. The number of H-pyrrole nitrogens is 1. The van der Waals surface area contributed by atoms with Gasteiger partial charge in [0, 0.05) is 6.07 Å². The standard InChI is InChI=1S/C18H22N4O3/c1-11(2)8-15(18-20-13-6-4-5-7-14(13)21-18)19-16(23)10-24-17-9-12(3)25-22-17/h4-7,9,11,15H,8,10H2,1-3H3,(H,19,23)(H,20,21)/t15-/m1/s1. The molecule has 2 N–H and O–H groups in total. The second-order valence-corrected chi connectivity index (χ2v) is 6.45. The molecule has 0 radical (unpaired) electrons. The maximum absolute atomic E-state index is 12.3. The number of nitrogens with zero attached hydrogens (tertiary/aromatic N) is 2. The first kappa shape index (κ1) is 17.0. The van der Waals surface area contributed by atoms with Crippen LogP contribution in [0.4, 0.5) is 0 Å². The summed E-state index contributed by atoms with van der Waals surface area (Å²) in [5.41, 5.74) is 1.84. The second-order valence-electron chi connectivity index (χ2n) is 6.45. The Morgan fingerprint density at radius 3 is 2.84 bits per heavy atom. The Kier molecular flexibility index (Phi) is 5.02. The Morgan fingerprint density at radius 2 is 2.16 bits per heavy atom. The third kappa shape index (κ3) is 4.37. The molecular weight excluding hydrogens is 320 g/mol. The molecule has 7 nitrogen and oxygen atoms in total. The van der Waals surface area contributed by atoms with E-state index in [1.807, 2.05) is 24.3 Å². The SMILES string of the molecule is Cc1cc(OCC(=O)N[C@H](CC(C)C)c2nc3ccccc3[nH]2)no1. The number of carbonyl (C=O) groups excluding carboxylic acids is 1. The first-order valence-electron chi connectivity index (χ1n) is 8.31. The van der Waals surface area contributed by atoms with Gasteiger partial charge < -0.3 is 19.6 Å². The number of aromatic amines is 1. The average Bonchev–Trinajstić information content (AvgIpc) is 3.17. The monoisotopic (exact) mass is 342 g/mol. The molecule has 1 atom stereocenters. The Hall–Kier alpha value is -2.83. The fraction of sp³-hybridized carbons (Fsp3) is 0.389. The molecule has 0 aliphatic carbocycles. The summed E-state index contributed by atoms with van der Waals surface area (Å²) in [6.45, 7) is 5.86. The first-order chi connectivity index (χ1) is 12.0. The summed E-state index contributed by atoms with van der Waals surface area (Å²) in [5.74, 6) is 1.86. The van der Waals surface area contributed by atoms with E-state index in [0.717, 1.165) is 23.3 Å². The van der Waals surface area contributed by atoms with Crippen molar-refractivity contribution in [2.45, 2.75) is 33.2 Å². The van der Waals surface area contributed by atoms with Gasteiger partial charge in [-0.25, -0.2) is 4.98 Å². The van der Waals surface area contributed by atoms with Crippen molar-refractivity contribution < 1.29 is 14.1 Å². The van der Waals surface area contributed by atoms with Crippen LogP contribution < -0.4 is 10.1 Å².